The SMILES string of the molecule is CC(=O)Nc1ccc(C(C)=NOC(C)C(=O)N(C(C)C)C(C)C)cc1. The Hall–Kier alpha value is -2.37. The monoisotopic (exact) mass is 347 g/mol. The van der Waals surface area contributed by atoms with Crippen molar-refractivity contribution in [3.05, 3.63) is 29.8 Å². The molecule has 0 saturated carbocycles. The molecule has 0 bridgehead atoms. The zero-order valence-electron chi connectivity index (χ0n) is 16.2. The van der Waals surface area contributed by atoms with Gasteiger partial charge in [0.05, 0.1) is 5.71 Å². The van der Waals surface area contributed by atoms with Crippen molar-refractivity contribution in [1.82, 2.24) is 4.90 Å². The lowest BCUT2D eigenvalue weighted by atomic mass is 10.1. The summed E-state index contributed by atoms with van der Waals surface area (Å²) in [6.07, 6.45) is -0.654. The summed E-state index contributed by atoms with van der Waals surface area (Å²) >= 11 is 0. The molecule has 1 N–H and O–H groups in total. The number of anilines is 1. The molecule has 6 nitrogen and oxygen atoms in total. The highest BCUT2D eigenvalue weighted by molar-refractivity contribution is 5.99. The van der Waals surface area contributed by atoms with E-state index < -0.39 is 6.10 Å². The van der Waals surface area contributed by atoms with E-state index in [0.29, 0.717) is 5.71 Å². The van der Waals surface area contributed by atoms with Gasteiger partial charge < -0.3 is 15.1 Å². The van der Waals surface area contributed by atoms with Gasteiger partial charge in [-0.2, -0.15) is 0 Å². The van der Waals surface area contributed by atoms with Crippen LogP contribution in [0.1, 0.15) is 54.0 Å². The third kappa shape index (κ3) is 6.21. The fourth-order valence-corrected chi connectivity index (χ4v) is 2.57. The predicted molar refractivity (Wildman–Crippen MR) is 101 cm³/mol. The fraction of sp³-hybridized carbons (Fsp3) is 0.526. The Balaban J connectivity index is 2.76. The second-order valence-electron chi connectivity index (χ2n) is 6.62. The molecule has 1 aromatic carbocycles. The fourth-order valence-electron chi connectivity index (χ4n) is 2.57. The highest BCUT2D eigenvalue weighted by Crippen LogP contribution is 2.12. The molecule has 2 amide bonds. The van der Waals surface area contributed by atoms with Gasteiger partial charge in [-0.1, -0.05) is 17.3 Å². The maximum atomic E-state index is 12.5. The Bertz CT molecular complexity index is 613. The molecule has 0 aliphatic carbocycles. The van der Waals surface area contributed by atoms with Crippen molar-refractivity contribution >= 4 is 23.2 Å². The minimum absolute atomic E-state index is 0.0810. The first kappa shape index (κ1) is 20.7. The predicted octanol–water partition coefficient (Wildman–Crippen LogP) is 3.42. The zero-order chi connectivity index (χ0) is 19.1. The standard InChI is InChI=1S/C19H29N3O3/c1-12(2)22(13(3)4)19(24)15(6)25-21-14(5)17-8-10-18(11-9-17)20-16(7)23/h8-13,15H,1-7H3,(H,20,23). The number of hydrogen-bond donors (Lipinski definition) is 1. The van der Waals surface area contributed by atoms with E-state index in [-0.39, 0.29) is 23.9 Å². The van der Waals surface area contributed by atoms with Gasteiger partial charge in [0.2, 0.25) is 12.0 Å². The lowest BCUT2D eigenvalue weighted by Gasteiger charge is -2.32. The van der Waals surface area contributed by atoms with E-state index in [0.717, 1.165) is 11.3 Å². The number of nitrogens with zero attached hydrogens (tertiary/aromatic N) is 2. The molecular formula is C19H29N3O3. The van der Waals surface area contributed by atoms with E-state index in [1.807, 2.05) is 46.8 Å². The Morgan fingerprint density at radius 1 is 1.00 bits per heavy atom. The second-order valence-corrected chi connectivity index (χ2v) is 6.62. The molecule has 0 radical (unpaired) electrons. The van der Waals surface area contributed by atoms with Crippen LogP contribution in [0, 0.1) is 0 Å². The molecule has 25 heavy (non-hydrogen) atoms. The van der Waals surface area contributed by atoms with Gasteiger partial charge in [-0.05, 0) is 59.2 Å². The van der Waals surface area contributed by atoms with Gasteiger partial charge in [0, 0.05) is 24.7 Å². The minimum atomic E-state index is -0.654. The van der Waals surface area contributed by atoms with Crippen LogP contribution in [0.4, 0.5) is 5.69 Å². The minimum Gasteiger partial charge on any atom is -0.382 e. The molecule has 0 aromatic heterocycles. The van der Waals surface area contributed by atoms with E-state index in [9.17, 15) is 9.59 Å². The summed E-state index contributed by atoms with van der Waals surface area (Å²) in [5.41, 5.74) is 2.24. The van der Waals surface area contributed by atoms with Gasteiger partial charge in [0.15, 0.2) is 0 Å². The van der Waals surface area contributed by atoms with E-state index in [2.05, 4.69) is 10.5 Å². The molecule has 138 valence electrons. The van der Waals surface area contributed by atoms with Crippen LogP contribution in [-0.2, 0) is 14.4 Å². The lowest BCUT2D eigenvalue weighted by Crippen LogP contribution is -2.46. The van der Waals surface area contributed by atoms with Crippen LogP contribution < -0.4 is 5.32 Å². The second kappa shape index (κ2) is 9.20. The summed E-state index contributed by atoms with van der Waals surface area (Å²) < 4.78 is 0. The van der Waals surface area contributed by atoms with Crippen LogP contribution in [0.5, 0.6) is 0 Å². The summed E-state index contributed by atoms with van der Waals surface area (Å²) in [6, 6.07) is 7.48. The van der Waals surface area contributed by atoms with Crippen molar-refractivity contribution in [2.75, 3.05) is 5.32 Å². The van der Waals surface area contributed by atoms with Crippen molar-refractivity contribution in [1.29, 1.82) is 0 Å². The number of oxime groups is 1. The highest BCUT2D eigenvalue weighted by Gasteiger charge is 2.26. The van der Waals surface area contributed by atoms with Crippen molar-refractivity contribution in [3.63, 3.8) is 0 Å². The molecule has 1 atom stereocenters. The van der Waals surface area contributed by atoms with Gasteiger partial charge in [0.25, 0.3) is 5.91 Å². The molecule has 6 heteroatoms. The summed E-state index contributed by atoms with van der Waals surface area (Å²) in [7, 11) is 0. The Labute approximate surface area is 150 Å². The van der Waals surface area contributed by atoms with Gasteiger partial charge in [-0.3, -0.25) is 9.59 Å². The van der Waals surface area contributed by atoms with E-state index in [1.54, 1.807) is 24.0 Å². The molecule has 0 aliphatic rings. The Morgan fingerprint density at radius 3 is 1.96 bits per heavy atom. The average Bonchev–Trinajstić information content (AvgIpc) is 2.51. The van der Waals surface area contributed by atoms with Crippen LogP contribution in [0.2, 0.25) is 0 Å². The van der Waals surface area contributed by atoms with Crippen LogP contribution in [0.25, 0.3) is 0 Å². The largest absolute Gasteiger partial charge is 0.382 e. The maximum Gasteiger partial charge on any atom is 0.266 e. The first-order chi connectivity index (χ1) is 11.6. The first-order valence-corrected chi connectivity index (χ1v) is 8.54. The Kier molecular flexibility index (Phi) is 7.61. The van der Waals surface area contributed by atoms with Gasteiger partial charge >= 0.3 is 0 Å². The van der Waals surface area contributed by atoms with Crippen molar-refractivity contribution in [2.45, 2.75) is 66.7 Å². The lowest BCUT2D eigenvalue weighted by molar-refractivity contribution is -0.146. The molecule has 1 unspecified atom stereocenters. The number of amides is 2. The van der Waals surface area contributed by atoms with Gasteiger partial charge in [-0.25, -0.2) is 0 Å². The zero-order valence-corrected chi connectivity index (χ0v) is 16.2. The van der Waals surface area contributed by atoms with Gasteiger partial charge in [0.1, 0.15) is 0 Å². The van der Waals surface area contributed by atoms with Crippen molar-refractivity contribution in [2.24, 2.45) is 5.16 Å². The van der Waals surface area contributed by atoms with E-state index in [1.165, 1.54) is 6.92 Å². The van der Waals surface area contributed by atoms with Crippen LogP contribution in [0.15, 0.2) is 29.4 Å². The van der Waals surface area contributed by atoms with E-state index >= 15 is 0 Å². The number of nitrogens with one attached hydrogen (secondary N) is 1. The molecule has 0 heterocycles. The number of rotatable bonds is 7. The van der Waals surface area contributed by atoms with Crippen molar-refractivity contribution < 1.29 is 14.4 Å². The van der Waals surface area contributed by atoms with Crippen LogP contribution in [-0.4, -0.2) is 40.6 Å². The molecular weight excluding hydrogens is 318 g/mol. The first-order valence-electron chi connectivity index (χ1n) is 8.54. The van der Waals surface area contributed by atoms with Crippen LogP contribution >= 0.6 is 0 Å². The quantitative estimate of drug-likeness (QED) is 0.607. The Morgan fingerprint density at radius 2 is 1.52 bits per heavy atom. The maximum absolute atomic E-state index is 12.5. The number of hydrogen-bond acceptors (Lipinski definition) is 4. The smallest absolute Gasteiger partial charge is 0.266 e. The summed E-state index contributed by atoms with van der Waals surface area (Å²) in [5.74, 6) is -0.198. The third-order valence-corrected chi connectivity index (χ3v) is 3.69. The normalized spacial score (nSPS) is 12.9. The van der Waals surface area contributed by atoms with Gasteiger partial charge in [-0.15, -0.1) is 0 Å². The number of carbonyl (C=O) groups excluding carboxylic acids is 2. The highest BCUT2D eigenvalue weighted by atomic mass is 16.6. The van der Waals surface area contributed by atoms with E-state index in [4.69, 9.17) is 4.84 Å². The third-order valence-electron chi connectivity index (χ3n) is 3.69. The van der Waals surface area contributed by atoms with Crippen LogP contribution in [0.3, 0.4) is 0 Å². The topological polar surface area (TPSA) is 71.0 Å². The van der Waals surface area contributed by atoms with Crippen molar-refractivity contribution in [3.8, 4) is 0 Å². The summed E-state index contributed by atoms with van der Waals surface area (Å²) in [5, 5.41) is 6.80. The molecule has 1 rings (SSSR count). The molecule has 0 saturated heterocycles. The number of benzene rings is 1. The molecule has 1 aromatic rings. The average molecular weight is 347 g/mol. The summed E-state index contributed by atoms with van der Waals surface area (Å²) in [4.78, 5) is 30.8. The molecule has 0 spiro atoms. The molecule has 0 fully saturated rings. The summed E-state index contributed by atoms with van der Waals surface area (Å²) in [6.45, 7) is 12.9. The number of carbonyl (C=O) groups is 2. The molecule has 0 aliphatic heterocycles.